The van der Waals surface area contributed by atoms with E-state index < -0.39 is 0 Å². The van der Waals surface area contributed by atoms with E-state index in [4.69, 9.17) is 16.6 Å². The van der Waals surface area contributed by atoms with E-state index in [1.54, 1.807) is 0 Å². The number of hydrogen-bond acceptors (Lipinski definition) is 3. The van der Waals surface area contributed by atoms with Crippen LogP contribution in [0.1, 0.15) is 69.9 Å². The molecule has 0 N–H and O–H groups in total. The Hall–Kier alpha value is -9.52. The molecular formula is C74H66N6. The Morgan fingerprint density at radius 1 is 0.438 bits per heavy atom. The minimum absolute atomic E-state index is 0.441. The van der Waals surface area contributed by atoms with Crippen molar-refractivity contribution in [1.29, 1.82) is 0 Å². The number of aromatic nitrogens is 2. The zero-order chi connectivity index (χ0) is 54.2. The fraction of sp³-hybridized carbons (Fsp3) is 0.135. The van der Waals surface area contributed by atoms with E-state index in [9.17, 15) is 0 Å². The number of allylic oxidation sites excluding steroid dienone is 5. The molecule has 6 nitrogen and oxygen atoms in total. The maximum absolute atomic E-state index is 5.40. The lowest BCUT2D eigenvalue weighted by molar-refractivity contribution is 0.448. The first-order chi connectivity index (χ1) is 39.5. The van der Waals surface area contributed by atoms with Crippen LogP contribution in [0.4, 0.5) is 28.4 Å². The Kier molecular flexibility index (Phi) is 15.1. The van der Waals surface area contributed by atoms with Gasteiger partial charge >= 0.3 is 0 Å². The average Bonchev–Trinajstić information content (AvgIpc) is 4.09. The second-order valence-electron chi connectivity index (χ2n) is 20.7. The third-order valence-electron chi connectivity index (χ3n) is 15.6. The van der Waals surface area contributed by atoms with Gasteiger partial charge in [-0.05, 0) is 130 Å². The lowest BCUT2D eigenvalue weighted by Gasteiger charge is -2.35. The van der Waals surface area contributed by atoms with Crippen molar-refractivity contribution in [3.8, 4) is 11.4 Å². The van der Waals surface area contributed by atoms with Crippen LogP contribution in [-0.2, 0) is 0 Å². The quantitative estimate of drug-likeness (QED) is 0.0619. The largest absolute Gasteiger partial charge is 0.338 e. The summed E-state index contributed by atoms with van der Waals surface area (Å²) in [5.41, 5.74) is 15.6. The number of fused-ring (bicyclic) bond motifs is 6. The van der Waals surface area contributed by atoms with E-state index in [2.05, 4.69) is 250 Å². The number of nitrogens with zero attached hydrogens (tertiary/aromatic N) is 6. The van der Waals surface area contributed by atoms with Gasteiger partial charge in [-0.2, -0.15) is 0 Å². The van der Waals surface area contributed by atoms with E-state index in [0.717, 1.165) is 78.1 Å². The first kappa shape index (κ1) is 51.2. The van der Waals surface area contributed by atoms with Crippen LogP contribution >= 0.6 is 0 Å². The molecule has 1 saturated carbocycles. The van der Waals surface area contributed by atoms with Crippen molar-refractivity contribution < 1.29 is 0 Å². The average molecular weight is 1040 g/mol. The molecule has 1 fully saturated rings. The molecule has 2 heterocycles. The monoisotopic (exact) mass is 1040 g/mol. The van der Waals surface area contributed by atoms with Gasteiger partial charge in [0.15, 0.2) is 5.84 Å². The number of hydrogen-bond donors (Lipinski definition) is 0. The molecule has 1 aliphatic carbocycles. The third-order valence-corrected chi connectivity index (χ3v) is 15.6. The number of aliphatic imine (C=N–C) groups is 2. The Bertz CT molecular complexity index is 4110. The van der Waals surface area contributed by atoms with E-state index in [0.29, 0.717) is 17.6 Å². The highest BCUT2D eigenvalue weighted by Crippen LogP contribution is 2.42. The Morgan fingerprint density at radius 2 is 0.900 bits per heavy atom. The van der Waals surface area contributed by atoms with Crippen molar-refractivity contribution >= 4 is 89.3 Å². The summed E-state index contributed by atoms with van der Waals surface area (Å²) in [7, 11) is 0. The van der Waals surface area contributed by atoms with Crippen LogP contribution < -0.4 is 9.80 Å². The van der Waals surface area contributed by atoms with Crippen molar-refractivity contribution in [2.75, 3.05) is 9.80 Å². The van der Waals surface area contributed by atoms with Gasteiger partial charge in [-0.15, -0.1) is 0 Å². The maximum atomic E-state index is 5.40. The Balaban J connectivity index is 0.942. The van der Waals surface area contributed by atoms with Gasteiger partial charge in [0.1, 0.15) is 0 Å². The van der Waals surface area contributed by atoms with Gasteiger partial charge in [-0.25, -0.2) is 9.98 Å². The number of para-hydroxylation sites is 7. The minimum atomic E-state index is 0.441. The molecule has 12 rings (SSSR count). The maximum Gasteiger partial charge on any atom is 0.152 e. The van der Waals surface area contributed by atoms with Crippen LogP contribution in [0.15, 0.2) is 277 Å². The van der Waals surface area contributed by atoms with Gasteiger partial charge in [-0.1, -0.05) is 196 Å². The van der Waals surface area contributed by atoms with Crippen LogP contribution in [-0.4, -0.2) is 26.7 Å². The van der Waals surface area contributed by atoms with Crippen LogP contribution in [0.3, 0.4) is 0 Å². The highest BCUT2D eigenvalue weighted by Gasteiger charge is 2.25. The van der Waals surface area contributed by atoms with Crippen LogP contribution in [0.2, 0.25) is 0 Å². The molecule has 2 aromatic heterocycles. The van der Waals surface area contributed by atoms with Gasteiger partial charge in [0.05, 0.1) is 39.1 Å². The predicted octanol–water partition coefficient (Wildman–Crippen LogP) is 20.2. The SMILES string of the molecule is C=C(/N=C(/C=C/C=C\C=C/C)\N=C(/C)c1ccccc1-n1c2ccccc2c2cc(N(c3ccccc3)C3CCCCCCC3)ccc21)c1ccccc1-n1c2ccccc2c2cc(N(c3ccccc3)c3ccccc3)ccc21. The summed E-state index contributed by atoms with van der Waals surface area (Å²) >= 11 is 0. The van der Waals surface area contributed by atoms with E-state index in [-0.39, 0.29) is 0 Å². The normalized spacial score (nSPS) is 14.0. The van der Waals surface area contributed by atoms with Gasteiger partial charge in [-0.3, -0.25) is 0 Å². The van der Waals surface area contributed by atoms with Crippen LogP contribution in [0, 0.1) is 0 Å². The lowest BCUT2D eigenvalue weighted by Crippen LogP contribution is -2.31. The van der Waals surface area contributed by atoms with Gasteiger partial charge in [0, 0.05) is 72.9 Å². The molecule has 9 aromatic carbocycles. The molecular weight excluding hydrogens is 973 g/mol. The summed E-state index contributed by atoms with van der Waals surface area (Å²) in [4.78, 5) is 15.7. The first-order valence-electron chi connectivity index (χ1n) is 28.3. The standard InChI is InChI=1S/C74H66N6/c1-4-5-6-8-22-47-74(76-55(3)63-40-24-28-44-69(63)80-71-46-30-26-42-65(71)67-53-61(49-51-73(67)80)78(58-35-18-12-19-36-58)59-37-20-13-21-38-59)75-54(2)62-39-23-27-43-68(62)79-70-45-29-25-41-64(70)66-52-60(48-50-72(66)79)77(57-33-16-11-17-34-57)56-31-14-9-7-10-15-32-56/h4-6,8,11-13,16-30,33-53,56H,3,7,9-10,14-15,31-32H2,1-2H3/b5-4-,8-6-,47-22+,75-54+,76-74-. The number of anilines is 5. The smallest absolute Gasteiger partial charge is 0.152 e. The molecule has 0 radical (unpaired) electrons. The van der Waals surface area contributed by atoms with Gasteiger partial charge in [0.2, 0.25) is 0 Å². The van der Waals surface area contributed by atoms with Crippen molar-refractivity contribution in [3.05, 3.63) is 279 Å². The second-order valence-corrected chi connectivity index (χ2v) is 20.7. The van der Waals surface area contributed by atoms with Crippen molar-refractivity contribution in [2.24, 2.45) is 9.98 Å². The molecule has 0 amide bonds. The molecule has 0 spiro atoms. The summed E-state index contributed by atoms with van der Waals surface area (Å²) in [6.45, 7) is 8.80. The third kappa shape index (κ3) is 10.4. The molecule has 0 atom stereocenters. The summed E-state index contributed by atoms with van der Waals surface area (Å²) in [5, 5.41) is 4.76. The summed E-state index contributed by atoms with van der Waals surface area (Å²) in [6.07, 6.45) is 20.9. The van der Waals surface area contributed by atoms with Gasteiger partial charge < -0.3 is 18.9 Å². The number of benzene rings is 9. The fourth-order valence-electron chi connectivity index (χ4n) is 12.0. The number of rotatable bonds is 14. The van der Waals surface area contributed by atoms with Gasteiger partial charge in [0.25, 0.3) is 0 Å². The number of amidine groups is 1. The zero-order valence-electron chi connectivity index (χ0n) is 45.7. The zero-order valence-corrected chi connectivity index (χ0v) is 45.7. The summed E-state index contributed by atoms with van der Waals surface area (Å²) in [5.74, 6) is 0.540. The first-order valence-corrected chi connectivity index (χ1v) is 28.3. The van der Waals surface area contributed by atoms with E-state index in [1.807, 2.05) is 43.4 Å². The van der Waals surface area contributed by atoms with Crippen molar-refractivity contribution in [1.82, 2.24) is 9.13 Å². The molecule has 0 unspecified atom stereocenters. The molecule has 1 aliphatic rings. The second kappa shape index (κ2) is 23.6. The Morgan fingerprint density at radius 3 is 1.50 bits per heavy atom. The highest BCUT2D eigenvalue weighted by molar-refractivity contribution is 6.15. The molecule has 80 heavy (non-hydrogen) atoms. The summed E-state index contributed by atoms with van der Waals surface area (Å²) < 4.78 is 4.77. The molecule has 0 bridgehead atoms. The molecule has 0 aliphatic heterocycles. The molecule has 11 aromatic rings. The van der Waals surface area contributed by atoms with E-state index in [1.165, 1.54) is 67.1 Å². The predicted molar refractivity (Wildman–Crippen MR) is 343 cm³/mol. The minimum Gasteiger partial charge on any atom is -0.338 e. The lowest BCUT2D eigenvalue weighted by atomic mass is 9.94. The van der Waals surface area contributed by atoms with E-state index >= 15 is 0 Å². The molecule has 6 heteroatoms. The van der Waals surface area contributed by atoms with Crippen LogP contribution in [0.25, 0.3) is 60.7 Å². The molecule has 0 saturated heterocycles. The van der Waals surface area contributed by atoms with Crippen molar-refractivity contribution in [2.45, 2.75) is 64.8 Å². The topological polar surface area (TPSA) is 41.1 Å². The Labute approximate surface area is 470 Å². The highest BCUT2D eigenvalue weighted by atomic mass is 15.2. The van der Waals surface area contributed by atoms with Crippen molar-refractivity contribution in [3.63, 3.8) is 0 Å². The van der Waals surface area contributed by atoms with Crippen LogP contribution in [0.5, 0.6) is 0 Å². The fourth-order valence-corrected chi connectivity index (χ4v) is 12.0. The molecule has 392 valence electrons. The summed E-state index contributed by atoms with van der Waals surface area (Å²) in [6, 6.07) is 81.1.